The number of fused-ring (bicyclic) bond motifs is 1. The minimum absolute atomic E-state index is 0.0194. The van der Waals surface area contributed by atoms with Crippen LogP contribution in [0.25, 0.3) is 0 Å². The molecule has 3 N–H and O–H groups in total. The minimum Gasteiger partial charge on any atom is -0.477 e. The number of rotatable bonds is 4. The summed E-state index contributed by atoms with van der Waals surface area (Å²) in [6, 6.07) is 10.9. The first-order chi connectivity index (χ1) is 13.0. The number of nitrogens with one attached hydrogen (secondary N) is 2. The van der Waals surface area contributed by atoms with Crippen molar-refractivity contribution in [2.45, 2.75) is 13.0 Å². The van der Waals surface area contributed by atoms with Gasteiger partial charge in [-0.3, -0.25) is 4.79 Å². The predicted octanol–water partition coefficient (Wildman–Crippen LogP) is 3.49. The first-order valence-corrected chi connectivity index (χ1v) is 9.12. The molecule has 3 heterocycles. The Labute approximate surface area is 159 Å². The maximum atomic E-state index is 12.8. The predicted molar refractivity (Wildman–Crippen MR) is 103 cm³/mol. The van der Waals surface area contributed by atoms with Gasteiger partial charge in [0.05, 0.1) is 6.20 Å². The van der Waals surface area contributed by atoms with Gasteiger partial charge < -0.3 is 15.7 Å². The molecule has 0 spiro atoms. The number of carbonyl (C=O) groups excluding carboxylic acids is 1. The Kier molecular flexibility index (Phi) is 4.25. The Bertz CT molecular complexity index is 1050. The van der Waals surface area contributed by atoms with E-state index in [0.717, 1.165) is 10.4 Å². The van der Waals surface area contributed by atoms with E-state index < -0.39 is 5.97 Å². The lowest BCUT2D eigenvalue weighted by Gasteiger charge is -2.23. The molecule has 8 heteroatoms. The lowest BCUT2D eigenvalue weighted by Crippen LogP contribution is -2.25. The largest absolute Gasteiger partial charge is 0.477 e. The highest BCUT2D eigenvalue weighted by atomic mass is 32.1. The number of carbonyl (C=O) groups is 2. The number of benzene rings is 1. The van der Waals surface area contributed by atoms with Gasteiger partial charge in [-0.2, -0.15) is 5.10 Å². The van der Waals surface area contributed by atoms with Crippen LogP contribution in [0.15, 0.2) is 59.7 Å². The van der Waals surface area contributed by atoms with E-state index >= 15 is 0 Å². The molecule has 1 amide bonds. The number of hydrogen-bond acceptors (Lipinski definition) is 5. The van der Waals surface area contributed by atoms with Crippen LogP contribution in [-0.4, -0.2) is 26.8 Å². The second kappa shape index (κ2) is 6.73. The first kappa shape index (κ1) is 17.0. The number of carboxylic acid groups (broad SMARTS) is 1. The van der Waals surface area contributed by atoms with Gasteiger partial charge in [0.2, 0.25) is 0 Å². The van der Waals surface area contributed by atoms with Crippen LogP contribution in [0.4, 0.5) is 11.5 Å². The first-order valence-electron chi connectivity index (χ1n) is 8.24. The molecule has 0 saturated carbocycles. The summed E-state index contributed by atoms with van der Waals surface area (Å²) >= 11 is 1.50. The van der Waals surface area contributed by atoms with Gasteiger partial charge in [0.25, 0.3) is 5.91 Å². The molecule has 1 aromatic carbocycles. The fraction of sp³-hybridized carbons (Fsp3) is 0.105. The van der Waals surface area contributed by atoms with Gasteiger partial charge >= 0.3 is 5.97 Å². The number of aliphatic carboxylic acids is 1. The van der Waals surface area contributed by atoms with Crippen molar-refractivity contribution in [3.63, 3.8) is 0 Å². The van der Waals surface area contributed by atoms with E-state index in [1.165, 1.54) is 17.5 Å². The molecule has 1 atom stereocenters. The molecule has 0 saturated heterocycles. The van der Waals surface area contributed by atoms with Crippen LogP contribution in [0.2, 0.25) is 0 Å². The summed E-state index contributed by atoms with van der Waals surface area (Å²) in [5.41, 5.74) is 1.99. The summed E-state index contributed by atoms with van der Waals surface area (Å²) in [7, 11) is 0. The third-order valence-corrected chi connectivity index (χ3v) is 5.17. The summed E-state index contributed by atoms with van der Waals surface area (Å²) in [6.45, 7) is 1.94. The number of anilines is 2. The quantitative estimate of drug-likeness (QED) is 0.644. The Balaban J connectivity index is 1.70. The standard InChI is InChI=1S/C19H16N4O3S/c1-11-4-2-5-12(8-11)21-18(24)13-10-20-23-15(16-6-3-7-27-16)9-14(19(25)26)22-17(13)23/h2-10,15,22H,1H3,(H,21,24)(H,25,26)/t15-/m1/s1. The van der Waals surface area contributed by atoms with Crippen molar-refractivity contribution in [3.05, 3.63) is 75.8 Å². The second-order valence-corrected chi connectivity index (χ2v) is 7.13. The third kappa shape index (κ3) is 3.22. The van der Waals surface area contributed by atoms with E-state index in [1.807, 2.05) is 42.6 Å². The SMILES string of the molecule is Cc1cccc(NC(=O)c2cnn3c2NC(C(=O)O)=C[C@@H]3c2cccs2)c1. The number of aryl methyl sites for hydroxylation is 1. The van der Waals surface area contributed by atoms with E-state index in [-0.39, 0.29) is 23.2 Å². The number of nitrogens with zero attached hydrogens (tertiary/aromatic N) is 2. The molecule has 0 aliphatic carbocycles. The number of aromatic nitrogens is 2. The normalized spacial score (nSPS) is 15.4. The molecule has 0 radical (unpaired) electrons. The molecular weight excluding hydrogens is 364 g/mol. The number of allylic oxidation sites excluding steroid dienone is 1. The fourth-order valence-electron chi connectivity index (χ4n) is 2.97. The van der Waals surface area contributed by atoms with E-state index in [2.05, 4.69) is 15.7 Å². The average molecular weight is 380 g/mol. The van der Waals surface area contributed by atoms with Crippen LogP contribution in [0.3, 0.4) is 0 Å². The van der Waals surface area contributed by atoms with Crippen LogP contribution < -0.4 is 10.6 Å². The van der Waals surface area contributed by atoms with Gasteiger partial charge in [-0.05, 0) is 42.1 Å². The lowest BCUT2D eigenvalue weighted by molar-refractivity contribution is -0.132. The van der Waals surface area contributed by atoms with Crippen LogP contribution in [-0.2, 0) is 4.79 Å². The zero-order valence-electron chi connectivity index (χ0n) is 14.3. The summed E-state index contributed by atoms with van der Waals surface area (Å²) in [4.78, 5) is 25.2. The second-order valence-electron chi connectivity index (χ2n) is 6.15. The molecule has 1 aliphatic rings. The topological polar surface area (TPSA) is 96.3 Å². The van der Waals surface area contributed by atoms with Crippen molar-refractivity contribution in [1.82, 2.24) is 9.78 Å². The minimum atomic E-state index is -1.09. The Morgan fingerprint density at radius 2 is 2.15 bits per heavy atom. The van der Waals surface area contributed by atoms with Crippen molar-refractivity contribution < 1.29 is 14.7 Å². The zero-order valence-corrected chi connectivity index (χ0v) is 15.2. The van der Waals surface area contributed by atoms with Crippen molar-refractivity contribution in [2.24, 2.45) is 0 Å². The number of amides is 1. The molecule has 0 unspecified atom stereocenters. The number of thiophene rings is 1. The van der Waals surface area contributed by atoms with Gasteiger partial charge in [0.15, 0.2) is 0 Å². The molecule has 0 fully saturated rings. The smallest absolute Gasteiger partial charge is 0.352 e. The zero-order chi connectivity index (χ0) is 19.0. The summed E-state index contributed by atoms with van der Waals surface area (Å²) in [6.07, 6.45) is 3.04. The average Bonchev–Trinajstić information content (AvgIpc) is 3.30. The van der Waals surface area contributed by atoms with Gasteiger partial charge in [0.1, 0.15) is 23.1 Å². The highest BCUT2D eigenvalue weighted by Gasteiger charge is 2.29. The molecule has 7 nitrogen and oxygen atoms in total. The maximum Gasteiger partial charge on any atom is 0.352 e. The summed E-state index contributed by atoms with van der Waals surface area (Å²) < 4.78 is 1.63. The van der Waals surface area contributed by atoms with Gasteiger partial charge in [0, 0.05) is 10.6 Å². The molecule has 27 heavy (non-hydrogen) atoms. The third-order valence-electron chi connectivity index (χ3n) is 4.22. The monoisotopic (exact) mass is 380 g/mol. The highest BCUT2D eigenvalue weighted by Crippen LogP contribution is 2.34. The van der Waals surface area contributed by atoms with Crippen molar-refractivity contribution in [1.29, 1.82) is 0 Å². The molecule has 136 valence electrons. The lowest BCUT2D eigenvalue weighted by atomic mass is 10.1. The number of carboxylic acids is 1. The van der Waals surface area contributed by atoms with Crippen molar-refractivity contribution in [2.75, 3.05) is 10.6 Å². The van der Waals surface area contributed by atoms with Gasteiger partial charge in [-0.15, -0.1) is 11.3 Å². The van der Waals surface area contributed by atoms with Crippen LogP contribution in [0, 0.1) is 6.92 Å². The van der Waals surface area contributed by atoms with E-state index in [9.17, 15) is 14.7 Å². The highest BCUT2D eigenvalue weighted by molar-refractivity contribution is 7.10. The van der Waals surface area contributed by atoms with Crippen molar-refractivity contribution >= 4 is 34.7 Å². The molecule has 2 aromatic heterocycles. The van der Waals surface area contributed by atoms with Crippen LogP contribution in [0.5, 0.6) is 0 Å². The maximum absolute atomic E-state index is 12.8. The molecule has 0 bridgehead atoms. The Morgan fingerprint density at radius 3 is 2.85 bits per heavy atom. The van der Waals surface area contributed by atoms with Crippen LogP contribution in [0.1, 0.15) is 26.8 Å². The van der Waals surface area contributed by atoms with Gasteiger partial charge in [-0.1, -0.05) is 18.2 Å². The van der Waals surface area contributed by atoms with E-state index in [0.29, 0.717) is 11.5 Å². The Morgan fingerprint density at radius 1 is 1.30 bits per heavy atom. The van der Waals surface area contributed by atoms with E-state index in [1.54, 1.807) is 16.8 Å². The van der Waals surface area contributed by atoms with E-state index in [4.69, 9.17) is 0 Å². The van der Waals surface area contributed by atoms with Crippen molar-refractivity contribution in [3.8, 4) is 0 Å². The molecule has 3 aromatic rings. The van der Waals surface area contributed by atoms with Crippen LogP contribution >= 0.6 is 11.3 Å². The Hall–Kier alpha value is -3.39. The fourth-order valence-corrected chi connectivity index (χ4v) is 3.75. The molecular formula is C19H16N4O3S. The van der Waals surface area contributed by atoms with Gasteiger partial charge in [-0.25, -0.2) is 9.48 Å². The number of hydrogen-bond donors (Lipinski definition) is 3. The summed E-state index contributed by atoms with van der Waals surface area (Å²) in [5, 5.41) is 21.4. The summed E-state index contributed by atoms with van der Waals surface area (Å²) in [5.74, 6) is -1.08. The molecule has 4 rings (SSSR count). The molecule has 1 aliphatic heterocycles.